The third-order valence-electron chi connectivity index (χ3n) is 1.84. The average molecular weight is 183 g/mol. The van der Waals surface area contributed by atoms with Crippen LogP contribution in [0.4, 0.5) is 0 Å². The lowest BCUT2D eigenvalue weighted by Gasteiger charge is -2.08. The lowest BCUT2D eigenvalue weighted by molar-refractivity contribution is 0.466. The number of aromatic nitrogens is 2. The number of nitrogens with zero attached hydrogens (tertiary/aromatic N) is 1. The highest BCUT2D eigenvalue weighted by Gasteiger charge is 2.04. The van der Waals surface area contributed by atoms with Crippen molar-refractivity contribution >= 4 is 0 Å². The minimum Gasteiger partial charge on any atom is -0.330 e. The van der Waals surface area contributed by atoms with Crippen LogP contribution < -0.4 is 17.0 Å². The number of nitrogens with one attached hydrogen (secondary N) is 1. The van der Waals surface area contributed by atoms with E-state index in [1.54, 1.807) is 0 Å². The smallest absolute Gasteiger partial charge is 0.328 e. The predicted octanol–water partition coefficient (Wildman–Crippen LogP) is -0.869. The predicted molar refractivity (Wildman–Crippen MR) is 49.5 cm³/mol. The Bertz CT molecular complexity index is 351. The lowest BCUT2D eigenvalue weighted by atomic mass is 10.2. The van der Waals surface area contributed by atoms with Gasteiger partial charge < -0.3 is 10.7 Å². The maximum absolute atomic E-state index is 11.2. The van der Waals surface area contributed by atoms with E-state index in [2.05, 4.69) is 4.98 Å². The molecule has 1 atom stereocenters. The van der Waals surface area contributed by atoms with Gasteiger partial charge in [0, 0.05) is 18.8 Å². The maximum atomic E-state index is 11.2. The van der Waals surface area contributed by atoms with Crippen LogP contribution in [0.1, 0.15) is 6.92 Å². The van der Waals surface area contributed by atoms with Crippen LogP contribution in [0.15, 0.2) is 21.9 Å². The molecule has 1 rings (SSSR count). The van der Waals surface area contributed by atoms with E-state index in [-0.39, 0.29) is 17.2 Å². The third kappa shape index (κ3) is 2.29. The van der Waals surface area contributed by atoms with Gasteiger partial charge in [-0.25, -0.2) is 4.79 Å². The van der Waals surface area contributed by atoms with Crippen molar-refractivity contribution in [2.45, 2.75) is 13.5 Å². The highest BCUT2D eigenvalue weighted by Crippen LogP contribution is 1.91. The molecule has 0 bridgehead atoms. The lowest BCUT2D eigenvalue weighted by Crippen LogP contribution is -2.36. The zero-order valence-corrected chi connectivity index (χ0v) is 7.49. The fourth-order valence-corrected chi connectivity index (χ4v) is 1.01. The van der Waals surface area contributed by atoms with Crippen molar-refractivity contribution in [2.75, 3.05) is 6.54 Å². The molecule has 5 heteroatoms. The second-order valence-electron chi connectivity index (χ2n) is 3.07. The minimum atomic E-state index is -0.382. The van der Waals surface area contributed by atoms with Crippen LogP contribution in [0.3, 0.4) is 0 Å². The van der Waals surface area contributed by atoms with E-state index in [9.17, 15) is 9.59 Å². The monoisotopic (exact) mass is 183 g/mol. The number of aromatic amines is 1. The summed E-state index contributed by atoms with van der Waals surface area (Å²) in [5, 5.41) is 0. The summed E-state index contributed by atoms with van der Waals surface area (Å²) in [6, 6.07) is 1.32. The topological polar surface area (TPSA) is 80.9 Å². The molecule has 0 spiro atoms. The van der Waals surface area contributed by atoms with Crippen LogP contribution in [0.2, 0.25) is 0 Å². The highest BCUT2D eigenvalue weighted by molar-refractivity contribution is 4.83. The molecule has 1 aromatic heterocycles. The second-order valence-corrected chi connectivity index (χ2v) is 3.07. The molecule has 0 aliphatic rings. The normalized spacial score (nSPS) is 12.8. The first-order valence-electron chi connectivity index (χ1n) is 4.13. The first-order chi connectivity index (χ1) is 6.15. The molecule has 0 aliphatic heterocycles. The molecule has 3 N–H and O–H groups in total. The third-order valence-corrected chi connectivity index (χ3v) is 1.84. The standard InChI is InChI=1S/C8H13N3O2/c1-6(4-9)5-11-7(12)2-3-10-8(11)13/h2-3,6H,4-5,9H2,1H3,(H,10,13). The van der Waals surface area contributed by atoms with E-state index in [4.69, 9.17) is 5.73 Å². The first-order valence-corrected chi connectivity index (χ1v) is 4.13. The Morgan fingerprint density at radius 2 is 2.31 bits per heavy atom. The van der Waals surface area contributed by atoms with E-state index >= 15 is 0 Å². The van der Waals surface area contributed by atoms with Gasteiger partial charge in [-0.1, -0.05) is 6.92 Å². The fraction of sp³-hybridized carbons (Fsp3) is 0.500. The molecular weight excluding hydrogens is 170 g/mol. The van der Waals surface area contributed by atoms with Crippen molar-refractivity contribution in [1.29, 1.82) is 0 Å². The van der Waals surface area contributed by atoms with Gasteiger partial charge >= 0.3 is 5.69 Å². The molecule has 0 radical (unpaired) electrons. The van der Waals surface area contributed by atoms with Crippen molar-refractivity contribution in [2.24, 2.45) is 11.7 Å². The van der Waals surface area contributed by atoms with Crippen LogP contribution in [0, 0.1) is 5.92 Å². The van der Waals surface area contributed by atoms with Gasteiger partial charge in [-0.05, 0) is 12.5 Å². The summed E-state index contributed by atoms with van der Waals surface area (Å²) in [5.74, 6) is 0.126. The van der Waals surface area contributed by atoms with Crippen molar-refractivity contribution in [3.63, 3.8) is 0 Å². The van der Waals surface area contributed by atoms with Crippen LogP contribution in [-0.2, 0) is 6.54 Å². The zero-order chi connectivity index (χ0) is 9.84. The summed E-state index contributed by atoms with van der Waals surface area (Å²) in [5.41, 5.74) is 4.72. The summed E-state index contributed by atoms with van der Waals surface area (Å²) in [7, 11) is 0. The van der Waals surface area contributed by atoms with Gasteiger partial charge in [0.05, 0.1) is 0 Å². The summed E-state index contributed by atoms with van der Waals surface area (Å²) < 4.78 is 1.15. The molecule has 0 aliphatic carbocycles. The number of nitrogens with two attached hydrogens (primary N) is 1. The van der Waals surface area contributed by atoms with E-state index < -0.39 is 0 Å². The quantitative estimate of drug-likeness (QED) is 0.639. The van der Waals surface area contributed by atoms with Gasteiger partial charge in [-0.2, -0.15) is 0 Å². The van der Waals surface area contributed by atoms with Crippen LogP contribution in [0.25, 0.3) is 0 Å². The minimum absolute atomic E-state index is 0.126. The molecule has 72 valence electrons. The summed E-state index contributed by atoms with van der Waals surface area (Å²) in [6.07, 6.45) is 1.34. The van der Waals surface area contributed by atoms with Crippen LogP contribution >= 0.6 is 0 Å². The van der Waals surface area contributed by atoms with Crippen LogP contribution in [0.5, 0.6) is 0 Å². The van der Waals surface area contributed by atoms with Gasteiger partial charge in [0.15, 0.2) is 0 Å². The van der Waals surface area contributed by atoms with Crippen molar-refractivity contribution < 1.29 is 0 Å². The van der Waals surface area contributed by atoms with E-state index in [0.717, 1.165) is 4.57 Å². The highest BCUT2D eigenvalue weighted by atomic mass is 16.2. The molecule has 0 amide bonds. The average Bonchev–Trinajstić information content (AvgIpc) is 2.11. The second kappa shape index (κ2) is 4.04. The molecule has 0 saturated carbocycles. The van der Waals surface area contributed by atoms with Crippen molar-refractivity contribution in [1.82, 2.24) is 9.55 Å². The van der Waals surface area contributed by atoms with E-state index in [1.165, 1.54) is 12.3 Å². The van der Waals surface area contributed by atoms with Crippen LogP contribution in [-0.4, -0.2) is 16.1 Å². The zero-order valence-electron chi connectivity index (χ0n) is 7.49. The molecule has 0 aromatic carbocycles. The summed E-state index contributed by atoms with van der Waals surface area (Å²) >= 11 is 0. The number of hydrogen-bond acceptors (Lipinski definition) is 3. The van der Waals surface area contributed by atoms with Gasteiger partial charge in [-0.15, -0.1) is 0 Å². The Hall–Kier alpha value is -1.36. The van der Waals surface area contributed by atoms with E-state index in [0.29, 0.717) is 13.1 Å². The summed E-state index contributed by atoms with van der Waals surface area (Å²) in [6.45, 7) is 2.71. The van der Waals surface area contributed by atoms with Gasteiger partial charge in [0.1, 0.15) is 0 Å². The Labute approximate surface area is 75.2 Å². The molecular formula is C8H13N3O2. The Balaban J connectivity index is 3.01. The Morgan fingerprint density at radius 3 is 2.85 bits per heavy atom. The largest absolute Gasteiger partial charge is 0.330 e. The van der Waals surface area contributed by atoms with E-state index in [1.807, 2.05) is 6.92 Å². The Kier molecular flexibility index (Phi) is 3.02. The Morgan fingerprint density at radius 1 is 1.62 bits per heavy atom. The molecule has 1 aromatic rings. The molecule has 0 fully saturated rings. The molecule has 5 nitrogen and oxygen atoms in total. The molecule has 1 heterocycles. The van der Waals surface area contributed by atoms with Crippen molar-refractivity contribution in [3.05, 3.63) is 33.1 Å². The van der Waals surface area contributed by atoms with Gasteiger partial charge in [0.2, 0.25) is 0 Å². The number of H-pyrrole nitrogens is 1. The number of rotatable bonds is 3. The molecule has 0 saturated heterocycles. The number of hydrogen-bond donors (Lipinski definition) is 2. The SMILES string of the molecule is CC(CN)Cn1c(=O)cc[nH]c1=O. The maximum Gasteiger partial charge on any atom is 0.328 e. The summed E-state index contributed by atoms with van der Waals surface area (Å²) in [4.78, 5) is 24.8. The molecule has 13 heavy (non-hydrogen) atoms. The molecule has 1 unspecified atom stereocenters. The van der Waals surface area contributed by atoms with Gasteiger partial charge in [0.25, 0.3) is 5.56 Å². The van der Waals surface area contributed by atoms with Gasteiger partial charge in [-0.3, -0.25) is 9.36 Å². The first kappa shape index (κ1) is 9.73. The van der Waals surface area contributed by atoms with Crippen molar-refractivity contribution in [3.8, 4) is 0 Å². The fourth-order valence-electron chi connectivity index (χ4n) is 1.01.